The van der Waals surface area contributed by atoms with Crippen LogP contribution in [0.3, 0.4) is 0 Å². The normalized spacial score (nSPS) is 11.4. The van der Waals surface area contributed by atoms with Crippen LogP contribution in [0.4, 0.5) is 0 Å². The highest BCUT2D eigenvalue weighted by Gasteiger charge is 2.01. The molecule has 0 radical (unpaired) electrons. The van der Waals surface area contributed by atoms with E-state index in [0.717, 1.165) is 34.8 Å². The zero-order chi connectivity index (χ0) is 30.6. The van der Waals surface area contributed by atoms with Gasteiger partial charge in [0.15, 0.2) is 0 Å². The first-order valence-electron chi connectivity index (χ1n) is 18.3. The van der Waals surface area contributed by atoms with E-state index in [1.54, 1.807) is 0 Å². The summed E-state index contributed by atoms with van der Waals surface area (Å²) < 4.78 is 5.81. The third-order valence-corrected chi connectivity index (χ3v) is 9.00. The molecule has 0 bridgehead atoms. The number of benzene rings is 2. The third kappa shape index (κ3) is 19.9. The Balaban J connectivity index is 1.43. The van der Waals surface area contributed by atoms with Crippen molar-refractivity contribution >= 4 is 23.2 Å². The van der Waals surface area contributed by atoms with Crippen LogP contribution in [0.1, 0.15) is 172 Å². The minimum Gasteiger partial charge on any atom is -0.494 e. The van der Waals surface area contributed by atoms with E-state index in [1.807, 2.05) is 18.2 Å². The summed E-state index contributed by atoms with van der Waals surface area (Å²) in [6.07, 6.45) is 36.0. The smallest absolute Gasteiger partial charge is 0.119 e. The monoisotopic (exact) mass is 604 g/mol. The van der Waals surface area contributed by atoms with E-state index in [2.05, 4.69) is 56.3 Å². The second kappa shape index (κ2) is 26.5. The lowest BCUT2D eigenvalue weighted by molar-refractivity contribution is 0.306. The summed E-state index contributed by atoms with van der Waals surface area (Å²) in [6.45, 7) is 5.31. The Hall–Kier alpha value is -1.93. The Morgan fingerprint density at radius 3 is 1.47 bits per heavy atom. The van der Waals surface area contributed by atoms with Crippen LogP contribution in [0.25, 0.3) is 6.08 Å². The van der Waals surface area contributed by atoms with Crippen LogP contribution in [-0.4, -0.2) is 11.5 Å². The number of ether oxygens (including phenoxy) is 1. The Morgan fingerprint density at radius 1 is 0.535 bits per heavy atom. The number of thiocarbonyl (C=S) groups is 1. The van der Waals surface area contributed by atoms with Gasteiger partial charge in [-0.05, 0) is 54.2 Å². The molecule has 2 aromatic carbocycles. The largest absolute Gasteiger partial charge is 0.494 e. The lowest BCUT2D eigenvalue weighted by Crippen LogP contribution is -1.96. The van der Waals surface area contributed by atoms with Crippen LogP contribution < -0.4 is 4.74 Å². The second-order valence-electron chi connectivity index (χ2n) is 12.6. The molecule has 0 aliphatic heterocycles. The topological polar surface area (TPSA) is 9.23 Å². The molecule has 0 spiro atoms. The molecule has 0 heterocycles. The molecule has 0 aliphatic rings. The van der Waals surface area contributed by atoms with Crippen LogP contribution in [0.15, 0.2) is 54.6 Å². The van der Waals surface area contributed by atoms with Crippen molar-refractivity contribution in [2.45, 2.75) is 162 Å². The Morgan fingerprint density at radius 2 is 0.977 bits per heavy atom. The molecule has 0 N–H and O–H groups in total. The first-order chi connectivity index (χ1) is 21.2. The van der Waals surface area contributed by atoms with Crippen LogP contribution in [0.5, 0.6) is 5.75 Å². The summed E-state index contributed by atoms with van der Waals surface area (Å²) in [7, 11) is 0. The van der Waals surface area contributed by atoms with Gasteiger partial charge in [-0.1, -0.05) is 197 Å². The fraction of sp³-hybridized carbons (Fsp3) is 0.634. The quantitative estimate of drug-likeness (QED) is 0.0413. The van der Waals surface area contributed by atoms with Gasteiger partial charge in [-0.15, -0.1) is 0 Å². The molecule has 0 amide bonds. The highest BCUT2D eigenvalue weighted by atomic mass is 32.1. The molecule has 0 aromatic heterocycles. The highest BCUT2D eigenvalue weighted by molar-refractivity contribution is 7.81. The summed E-state index contributed by atoms with van der Waals surface area (Å²) >= 11 is 5.68. The number of rotatable bonds is 28. The van der Waals surface area contributed by atoms with Crippen LogP contribution in [0, 0.1) is 0 Å². The molecule has 43 heavy (non-hydrogen) atoms. The summed E-state index contributed by atoms with van der Waals surface area (Å²) in [5.74, 6) is 0.941. The maximum Gasteiger partial charge on any atom is 0.119 e. The van der Waals surface area contributed by atoms with Gasteiger partial charge in [0.2, 0.25) is 0 Å². The predicted molar refractivity (Wildman–Crippen MR) is 196 cm³/mol. The van der Waals surface area contributed by atoms with Crippen molar-refractivity contribution in [3.05, 3.63) is 71.3 Å². The molecule has 2 rings (SSSR count). The number of allylic oxidation sites excluding steroid dienone is 1. The van der Waals surface area contributed by atoms with Gasteiger partial charge in [0, 0.05) is 4.86 Å². The van der Waals surface area contributed by atoms with E-state index in [1.165, 1.54) is 147 Å². The van der Waals surface area contributed by atoms with Gasteiger partial charge >= 0.3 is 0 Å². The standard InChI is InChI=1S/C41H64OS/c1-3-5-7-8-9-10-11-12-13-14-15-16-17-18-19-20-21-22-23-25-37-26-31-39(32-27-37)41(43)35-30-38-28-33-40(34-29-38)42-36-24-6-4-2/h26-35H,3-25,36H2,1-2H3. The van der Waals surface area contributed by atoms with Crippen LogP contribution >= 0.6 is 12.2 Å². The Kier molecular flexibility index (Phi) is 22.9. The van der Waals surface area contributed by atoms with Gasteiger partial charge in [0.05, 0.1) is 6.61 Å². The first-order valence-corrected chi connectivity index (χ1v) is 18.7. The molecule has 0 saturated heterocycles. The van der Waals surface area contributed by atoms with Crippen molar-refractivity contribution in [3.63, 3.8) is 0 Å². The first kappa shape index (κ1) is 37.3. The maximum atomic E-state index is 5.81. The number of unbranched alkanes of at least 4 members (excludes halogenated alkanes) is 20. The maximum absolute atomic E-state index is 5.81. The molecule has 2 heteroatoms. The van der Waals surface area contributed by atoms with Crippen molar-refractivity contribution in [2.75, 3.05) is 6.61 Å². The molecule has 0 aliphatic carbocycles. The van der Waals surface area contributed by atoms with Gasteiger partial charge in [-0.2, -0.15) is 0 Å². The zero-order valence-electron chi connectivity index (χ0n) is 28.1. The average molecular weight is 605 g/mol. The molecule has 0 unspecified atom stereocenters. The molecule has 0 saturated carbocycles. The number of hydrogen-bond donors (Lipinski definition) is 0. The summed E-state index contributed by atoms with van der Waals surface area (Å²) in [6, 6.07) is 17.2. The van der Waals surface area contributed by atoms with Crippen molar-refractivity contribution < 1.29 is 4.74 Å². The summed E-state index contributed by atoms with van der Waals surface area (Å²) in [4.78, 5) is 0.884. The SMILES string of the molecule is CCCCCCCCCCCCCCCCCCCCCc1ccc(C(=S)C=Cc2ccc(OCCCCC)cc2)cc1. The van der Waals surface area contributed by atoms with Crippen molar-refractivity contribution in [1.82, 2.24) is 0 Å². The minimum absolute atomic E-state index is 0.794. The predicted octanol–water partition coefficient (Wildman–Crippen LogP) is 13.7. The van der Waals surface area contributed by atoms with E-state index in [-0.39, 0.29) is 0 Å². The van der Waals surface area contributed by atoms with Crippen molar-refractivity contribution in [3.8, 4) is 5.75 Å². The molecule has 1 nitrogen and oxygen atoms in total. The van der Waals surface area contributed by atoms with Gasteiger partial charge in [0.25, 0.3) is 0 Å². The molecule has 0 fully saturated rings. The Labute approximate surface area is 272 Å². The molecule has 240 valence electrons. The summed E-state index contributed by atoms with van der Waals surface area (Å²) in [5.41, 5.74) is 3.69. The Bertz CT molecular complexity index is 943. The van der Waals surface area contributed by atoms with E-state index in [9.17, 15) is 0 Å². The van der Waals surface area contributed by atoms with E-state index < -0.39 is 0 Å². The van der Waals surface area contributed by atoms with E-state index >= 15 is 0 Å². The third-order valence-electron chi connectivity index (χ3n) is 8.63. The van der Waals surface area contributed by atoms with Crippen molar-refractivity contribution in [1.29, 1.82) is 0 Å². The van der Waals surface area contributed by atoms with E-state index in [4.69, 9.17) is 17.0 Å². The fourth-order valence-electron chi connectivity index (χ4n) is 5.73. The lowest BCUT2D eigenvalue weighted by Gasteiger charge is -2.06. The van der Waals surface area contributed by atoms with Gasteiger partial charge < -0.3 is 4.74 Å². The van der Waals surface area contributed by atoms with Gasteiger partial charge in [-0.3, -0.25) is 0 Å². The number of hydrogen-bond acceptors (Lipinski definition) is 2. The summed E-state index contributed by atoms with van der Waals surface area (Å²) in [5, 5.41) is 0. The second-order valence-corrected chi connectivity index (χ2v) is 13.1. The fourth-order valence-corrected chi connectivity index (χ4v) is 5.93. The zero-order valence-corrected chi connectivity index (χ0v) is 28.9. The van der Waals surface area contributed by atoms with Gasteiger partial charge in [0.1, 0.15) is 5.75 Å². The minimum atomic E-state index is 0.794. The van der Waals surface area contributed by atoms with Gasteiger partial charge in [-0.25, -0.2) is 0 Å². The number of aryl methyl sites for hydroxylation is 1. The van der Waals surface area contributed by atoms with Crippen LogP contribution in [0.2, 0.25) is 0 Å². The van der Waals surface area contributed by atoms with E-state index in [0.29, 0.717) is 0 Å². The average Bonchev–Trinajstić information content (AvgIpc) is 3.04. The van der Waals surface area contributed by atoms with Crippen molar-refractivity contribution in [2.24, 2.45) is 0 Å². The molecule has 0 atom stereocenters. The lowest BCUT2D eigenvalue weighted by atomic mass is 10.0. The molecule has 2 aromatic rings. The highest BCUT2D eigenvalue weighted by Crippen LogP contribution is 2.17. The molecular weight excluding hydrogens is 541 g/mol. The molecular formula is C41H64OS. The van der Waals surface area contributed by atoms with Crippen LogP contribution in [-0.2, 0) is 6.42 Å².